The zero-order chi connectivity index (χ0) is 23.5. The van der Waals surface area contributed by atoms with Gasteiger partial charge in [0.1, 0.15) is 18.2 Å². The monoisotopic (exact) mass is 467 g/mol. The Labute approximate surface area is 203 Å². The molecule has 170 valence electrons. The van der Waals surface area contributed by atoms with Gasteiger partial charge in [0, 0.05) is 11.1 Å². The van der Waals surface area contributed by atoms with Crippen LogP contribution in [0.15, 0.2) is 91.5 Å². The molecule has 1 N–H and O–H groups in total. The molecule has 0 fully saturated rings. The highest BCUT2D eigenvalue weighted by Crippen LogP contribution is 2.47. The van der Waals surface area contributed by atoms with Gasteiger partial charge in [-0.15, -0.1) is 11.8 Å². The van der Waals surface area contributed by atoms with Gasteiger partial charge in [-0.3, -0.25) is 4.79 Å². The minimum absolute atomic E-state index is 0.0347. The van der Waals surface area contributed by atoms with Crippen LogP contribution in [0.1, 0.15) is 21.9 Å². The molecule has 1 atom stereocenters. The highest BCUT2D eigenvalue weighted by atomic mass is 32.2. The third kappa shape index (κ3) is 4.37. The van der Waals surface area contributed by atoms with Gasteiger partial charge in [0.25, 0.3) is 0 Å². The van der Waals surface area contributed by atoms with Crippen molar-refractivity contribution in [2.45, 2.75) is 12.2 Å². The van der Waals surface area contributed by atoms with Crippen LogP contribution in [0.3, 0.4) is 0 Å². The first-order chi connectivity index (χ1) is 16.6. The summed E-state index contributed by atoms with van der Waals surface area (Å²) in [5.41, 5.74) is 6.04. The number of amides is 1. The zero-order valence-corrected chi connectivity index (χ0v) is 19.7. The number of nitrogens with one attached hydrogen (secondary N) is 1. The second kappa shape index (κ2) is 9.61. The number of hydrogen-bond acceptors (Lipinski definition) is 4. The van der Waals surface area contributed by atoms with Crippen LogP contribution in [0.2, 0.25) is 0 Å². The number of carbonyl (C=O) groups is 1. The standard InChI is InChI=1S/C28H25N3O2S/c1-3-17-33-23-15-11-21(12-16-23)27-25-26(20-7-5-4-6-8-20)30-31(22-13-9-19(2)10-14-22)28(25)29-24(32)18-34-27/h3-16,27H,1,17-18H2,2H3,(H,29,32). The molecule has 34 heavy (non-hydrogen) atoms. The SMILES string of the molecule is C=CCOc1ccc(C2SCC(=O)Nc3c2c(-c2ccccc2)nn3-c2ccc(C)cc2)cc1. The van der Waals surface area contributed by atoms with Crippen LogP contribution in [0.4, 0.5) is 5.82 Å². The van der Waals surface area contributed by atoms with Gasteiger partial charge in [-0.05, 0) is 36.8 Å². The normalized spacial score (nSPS) is 15.2. The van der Waals surface area contributed by atoms with E-state index >= 15 is 0 Å². The minimum atomic E-state index is -0.0724. The smallest absolute Gasteiger partial charge is 0.235 e. The third-order valence-corrected chi connectivity index (χ3v) is 6.97. The molecule has 0 saturated heterocycles. The fraction of sp³-hybridized carbons (Fsp3) is 0.143. The molecule has 0 aliphatic carbocycles. The molecule has 1 aliphatic rings. The van der Waals surface area contributed by atoms with Crippen molar-refractivity contribution in [1.29, 1.82) is 0 Å². The van der Waals surface area contributed by atoms with Crippen LogP contribution in [0, 0.1) is 6.92 Å². The summed E-state index contributed by atoms with van der Waals surface area (Å²) in [7, 11) is 0. The van der Waals surface area contributed by atoms with Gasteiger partial charge in [-0.2, -0.15) is 5.10 Å². The maximum Gasteiger partial charge on any atom is 0.235 e. The number of thioether (sulfide) groups is 1. The van der Waals surface area contributed by atoms with Crippen LogP contribution in [-0.4, -0.2) is 28.0 Å². The number of nitrogens with zero attached hydrogens (tertiary/aromatic N) is 2. The minimum Gasteiger partial charge on any atom is -0.490 e. The summed E-state index contributed by atoms with van der Waals surface area (Å²) in [6, 6.07) is 26.4. The lowest BCUT2D eigenvalue weighted by molar-refractivity contribution is -0.113. The molecule has 1 unspecified atom stereocenters. The van der Waals surface area contributed by atoms with Gasteiger partial charge in [0.2, 0.25) is 5.91 Å². The summed E-state index contributed by atoms with van der Waals surface area (Å²) in [5.74, 6) is 1.83. The van der Waals surface area contributed by atoms with Crippen molar-refractivity contribution in [1.82, 2.24) is 9.78 Å². The summed E-state index contributed by atoms with van der Waals surface area (Å²) >= 11 is 1.61. The van der Waals surface area contributed by atoms with Crippen LogP contribution in [0.5, 0.6) is 5.75 Å². The van der Waals surface area contributed by atoms with Crippen molar-refractivity contribution in [2.75, 3.05) is 17.7 Å². The third-order valence-electron chi connectivity index (χ3n) is 5.70. The average molecular weight is 468 g/mol. The number of rotatable bonds is 6. The van der Waals surface area contributed by atoms with Crippen LogP contribution in [0.25, 0.3) is 16.9 Å². The molecule has 0 spiro atoms. The lowest BCUT2D eigenvalue weighted by Gasteiger charge is -2.17. The van der Waals surface area contributed by atoms with Gasteiger partial charge in [-0.1, -0.05) is 72.8 Å². The highest BCUT2D eigenvalue weighted by molar-refractivity contribution is 8.00. The first-order valence-electron chi connectivity index (χ1n) is 11.1. The number of fused-ring (bicyclic) bond motifs is 1. The number of benzene rings is 3. The van der Waals surface area contributed by atoms with E-state index < -0.39 is 0 Å². The number of carbonyl (C=O) groups excluding carboxylic acids is 1. The summed E-state index contributed by atoms with van der Waals surface area (Å²) in [5, 5.41) is 8.09. The van der Waals surface area contributed by atoms with Crippen molar-refractivity contribution in [2.24, 2.45) is 0 Å². The summed E-state index contributed by atoms with van der Waals surface area (Å²) in [6.07, 6.45) is 1.73. The Kier molecular flexibility index (Phi) is 6.23. The topological polar surface area (TPSA) is 56.1 Å². The largest absolute Gasteiger partial charge is 0.490 e. The van der Waals surface area contributed by atoms with E-state index in [0.717, 1.165) is 39.6 Å². The lowest BCUT2D eigenvalue weighted by Crippen LogP contribution is -2.15. The highest BCUT2D eigenvalue weighted by Gasteiger charge is 2.32. The predicted molar refractivity (Wildman–Crippen MR) is 139 cm³/mol. The molecular formula is C28H25N3O2S. The van der Waals surface area contributed by atoms with Crippen molar-refractivity contribution >= 4 is 23.5 Å². The number of hydrogen-bond donors (Lipinski definition) is 1. The molecule has 5 rings (SSSR count). The van der Waals surface area contributed by atoms with E-state index in [1.165, 1.54) is 5.56 Å². The Hall–Kier alpha value is -3.77. The predicted octanol–water partition coefficient (Wildman–Crippen LogP) is 6.19. The number of aryl methyl sites for hydroxylation is 1. The van der Waals surface area contributed by atoms with Gasteiger partial charge in [-0.25, -0.2) is 4.68 Å². The average Bonchev–Trinajstić information content (AvgIpc) is 3.14. The van der Waals surface area contributed by atoms with Crippen LogP contribution < -0.4 is 10.1 Å². The number of ether oxygens (including phenoxy) is 1. The van der Waals surface area contributed by atoms with E-state index in [-0.39, 0.29) is 11.2 Å². The summed E-state index contributed by atoms with van der Waals surface area (Å²) in [6.45, 7) is 6.22. The molecule has 1 amide bonds. The van der Waals surface area contributed by atoms with E-state index in [9.17, 15) is 4.79 Å². The molecule has 2 heterocycles. The maximum atomic E-state index is 12.8. The second-order valence-corrected chi connectivity index (χ2v) is 9.23. The first kappa shape index (κ1) is 22.0. The van der Waals surface area contributed by atoms with Gasteiger partial charge < -0.3 is 10.1 Å². The lowest BCUT2D eigenvalue weighted by atomic mass is 10.00. The Bertz CT molecular complexity index is 1310. The van der Waals surface area contributed by atoms with E-state index in [4.69, 9.17) is 9.84 Å². The van der Waals surface area contributed by atoms with E-state index in [1.807, 2.05) is 47.1 Å². The zero-order valence-electron chi connectivity index (χ0n) is 18.9. The maximum absolute atomic E-state index is 12.8. The van der Waals surface area contributed by atoms with Gasteiger partial charge in [0.05, 0.1) is 22.4 Å². The molecule has 0 bridgehead atoms. The number of anilines is 1. The molecule has 0 saturated carbocycles. The molecule has 1 aromatic heterocycles. The Morgan fingerprint density at radius 3 is 2.53 bits per heavy atom. The van der Waals surface area contributed by atoms with Gasteiger partial charge >= 0.3 is 0 Å². The Morgan fingerprint density at radius 1 is 1.09 bits per heavy atom. The quantitative estimate of drug-likeness (QED) is 0.344. The Morgan fingerprint density at radius 2 is 1.82 bits per heavy atom. The molecule has 0 radical (unpaired) electrons. The van der Waals surface area contributed by atoms with Crippen molar-refractivity contribution in [3.8, 4) is 22.7 Å². The molecular weight excluding hydrogens is 442 g/mol. The summed E-state index contributed by atoms with van der Waals surface area (Å²) < 4.78 is 7.52. The van der Waals surface area contributed by atoms with E-state index in [0.29, 0.717) is 12.4 Å². The molecule has 6 heteroatoms. The van der Waals surface area contributed by atoms with E-state index in [2.05, 4.69) is 55.2 Å². The Balaban J connectivity index is 1.68. The van der Waals surface area contributed by atoms with Crippen molar-refractivity contribution < 1.29 is 9.53 Å². The molecule has 4 aromatic rings. The van der Waals surface area contributed by atoms with Gasteiger partial charge in [0.15, 0.2) is 0 Å². The van der Waals surface area contributed by atoms with E-state index in [1.54, 1.807) is 17.8 Å². The van der Waals surface area contributed by atoms with Crippen molar-refractivity contribution in [3.63, 3.8) is 0 Å². The van der Waals surface area contributed by atoms with Crippen LogP contribution in [-0.2, 0) is 4.79 Å². The van der Waals surface area contributed by atoms with Crippen molar-refractivity contribution in [3.05, 3.63) is 108 Å². The first-order valence-corrected chi connectivity index (χ1v) is 12.2. The summed E-state index contributed by atoms with van der Waals surface area (Å²) in [4.78, 5) is 12.8. The molecule has 5 nitrogen and oxygen atoms in total. The van der Waals surface area contributed by atoms with Crippen LogP contribution >= 0.6 is 11.8 Å². The molecule has 1 aliphatic heterocycles. The fourth-order valence-corrected chi connectivity index (χ4v) is 5.18. The second-order valence-electron chi connectivity index (χ2n) is 8.13. The molecule has 3 aromatic carbocycles. The number of aromatic nitrogens is 2. The fourth-order valence-electron chi connectivity index (χ4n) is 4.05.